The Kier molecular flexibility index (Phi) is 4.65. The molecule has 0 unspecified atom stereocenters. The van der Waals surface area contributed by atoms with Crippen molar-refractivity contribution in [3.63, 3.8) is 0 Å². The van der Waals surface area contributed by atoms with E-state index in [4.69, 9.17) is 17.3 Å². The second-order valence-electron chi connectivity index (χ2n) is 3.38. The molecule has 0 heterocycles. The highest BCUT2D eigenvalue weighted by Crippen LogP contribution is 2.32. The summed E-state index contributed by atoms with van der Waals surface area (Å²) in [5, 5.41) is 10.7. The van der Waals surface area contributed by atoms with Gasteiger partial charge in [0.15, 0.2) is 0 Å². The lowest BCUT2D eigenvalue weighted by Crippen LogP contribution is -2.29. The number of nitro benzene ring substituents is 1. The molecule has 0 saturated heterocycles. The highest BCUT2D eigenvalue weighted by atomic mass is 35.5. The van der Waals surface area contributed by atoms with Crippen molar-refractivity contribution >= 4 is 23.0 Å². The van der Waals surface area contributed by atoms with Gasteiger partial charge in [-0.05, 0) is 13.0 Å². The van der Waals surface area contributed by atoms with Gasteiger partial charge in [0, 0.05) is 19.6 Å². The molecule has 0 atom stereocenters. The molecular weight excluding hydrogens is 249 g/mol. The van der Waals surface area contributed by atoms with Crippen LogP contribution in [0.2, 0.25) is 5.02 Å². The number of halogens is 2. The van der Waals surface area contributed by atoms with E-state index in [1.54, 1.807) is 4.90 Å². The van der Waals surface area contributed by atoms with E-state index in [0.29, 0.717) is 19.6 Å². The first kappa shape index (κ1) is 13.7. The lowest BCUT2D eigenvalue weighted by molar-refractivity contribution is -0.384. The number of benzene rings is 1. The molecule has 0 aromatic heterocycles. The topological polar surface area (TPSA) is 72.4 Å². The van der Waals surface area contributed by atoms with Crippen molar-refractivity contribution in [3.05, 3.63) is 33.1 Å². The monoisotopic (exact) mass is 261 g/mol. The number of rotatable bonds is 5. The Labute approximate surface area is 103 Å². The predicted molar refractivity (Wildman–Crippen MR) is 65.0 cm³/mol. The molecule has 94 valence electrons. The van der Waals surface area contributed by atoms with E-state index in [0.717, 1.165) is 6.07 Å². The Morgan fingerprint density at radius 2 is 2.24 bits per heavy atom. The lowest BCUT2D eigenvalue weighted by atomic mass is 10.2. The van der Waals surface area contributed by atoms with Crippen molar-refractivity contribution in [1.82, 2.24) is 0 Å². The van der Waals surface area contributed by atoms with Gasteiger partial charge < -0.3 is 10.6 Å². The van der Waals surface area contributed by atoms with Gasteiger partial charge in [0.1, 0.15) is 11.5 Å². The maximum atomic E-state index is 13.2. The maximum Gasteiger partial charge on any atom is 0.295 e. The van der Waals surface area contributed by atoms with Crippen LogP contribution in [0.3, 0.4) is 0 Å². The van der Waals surface area contributed by atoms with Gasteiger partial charge in [-0.1, -0.05) is 11.6 Å². The molecule has 1 rings (SSSR count). The molecule has 0 radical (unpaired) electrons. The maximum absolute atomic E-state index is 13.2. The van der Waals surface area contributed by atoms with Crippen LogP contribution in [0.15, 0.2) is 12.1 Å². The number of nitrogens with two attached hydrogens (primary N) is 1. The van der Waals surface area contributed by atoms with Gasteiger partial charge in [-0.3, -0.25) is 10.1 Å². The number of nitro groups is 1. The van der Waals surface area contributed by atoms with Crippen molar-refractivity contribution in [2.24, 2.45) is 5.73 Å². The van der Waals surface area contributed by atoms with E-state index in [1.165, 1.54) is 6.07 Å². The minimum Gasteiger partial charge on any atom is -0.365 e. The second-order valence-corrected chi connectivity index (χ2v) is 3.79. The number of likely N-dealkylation sites (N-methyl/N-ethyl adjacent to an activating group) is 1. The molecule has 0 amide bonds. The summed E-state index contributed by atoms with van der Waals surface area (Å²) in [6.45, 7) is 3.15. The number of anilines is 1. The van der Waals surface area contributed by atoms with E-state index in [9.17, 15) is 14.5 Å². The molecule has 2 N–H and O–H groups in total. The van der Waals surface area contributed by atoms with Gasteiger partial charge in [-0.15, -0.1) is 0 Å². The SMILES string of the molecule is CCN(CCN)c1cc(Cl)c(F)cc1[N+](=O)[O-]. The van der Waals surface area contributed by atoms with Gasteiger partial charge in [-0.2, -0.15) is 0 Å². The fraction of sp³-hybridized carbons (Fsp3) is 0.400. The molecule has 0 aliphatic rings. The Bertz CT molecular complexity index is 428. The summed E-state index contributed by atoms with van der Waals surface area (Å²) in [6, 6.07) is 2.09. The van der Waals surface area contributed by atoms with Crippen LogP contribution in [0.5, 0.6) is 0 Å². The standard InChI is InChI=1S/C10H13ClFN3O2/c1-2-14(4-3-13)9-5-7(11)8(12)6-10(9)15(16)17/h5-6H,2-4,13H2,1H3. The van der Waals surface area contributed by atoms with E-state index in [2.05, 4.69) is 0 Å². The summed E-state index contributed by atoms with van der Waals surface area (Å²) in [7, 11) is 0. The van der Waals surface area contributed by atoms with Gasteiger partial charge >= 0.3 is 0 Å². The Morgan fingerprint density at radius 1 is 1.59 bits per heavy atom. The van der Waals surface area contributed by atoms with Gasteiger partial charge in [-0.25, -0.2) is 4.39 Å². The molecule has 0 aliphatic heterocycles. The van der Waals surface area contributed by atoms with Crippen molar-refractivity contribution in [1.29, 1.82) is 0 Å². The Balaban J connectivity index is 3.28. The van der Waals surface area contributed by atoms with Crippen LogP contribution in [0.25, 0.3) is 0 Å². The first-order chi connectivity index (χ1) is 8.01. The second kappa shape index (κ2) is 5.79. The van der Waals surface area contributed by atoms with Crippen LogP contribution in [0.1, 0.15) is 6.92 Å². The largest absolute Gasteiger partial charge is 0.365 e. The molecular formula is C10H13ClFN3O2. The average molecular weight is 262 g/mol. The van der Waals surface area contributed by atoms with E-state index in [-0.39, 0.29) is 16.4 Å². The van der Waals surface area contributed by atoms with Gasteiger partial charge in [0.25, 0.3) is 5.69 Å². The first-order valence-corrected chi connectivity index (χ1v) is 5.47. The zero-order chi connectivity index (χ0) is 13.0. The summed E-state index contributed by atoms with van der Waals surface area (Å²) < 4.78 is 13.2. The first-order valence-electron chi connectivity index (χ1n) is 5.09. The molecule has 0 saturated carbocycles. The van der Waals surface area contributed by atoms with Crippen molar-refractivity contribution in [2.45, 2.75) is 6.92 Å². The van der Waals surface area contributed by atoms with Crippen LogP contribution >= 0.6 is 11.6 Å². The van der Waals surface area contributed by atoms with Crippen molar-refractivity contribution in [2.75, 3.05) is 24.5 Å². The molecule has 7 heteroatoms. The van der Waals surface area contributed by atoms with Crippen molar-refractivity contribution < 1.29 is 9.31 Å². The number of hydrogen-bond donors (Lipinski definition) is 1. The summed E-state index contributed by atoms with van der Waals surface area (Å²) in [5.74, 6) is -0.800. The molecule has 0 bridgehead atoms. The summed E-state index contributed by atoms with van der Waals surface area (Å²) in [5.41, 5.74) is 5.40. The third kappa shape index (κ3) is 3.04. The third-order valence-electron chi connectivity index (χ3n) is 2.34. The number of nitrogens with zero attached hydrogens (tertiary/aromatic N) is 2. The third-order valence-corrected chi connectivity index (χ3v) is 2.63. The molecule has 1 aromatic rings. The summed E-state index contributed by atoms with van der Waals surface area (Å²) in [6.07, 6.45) is 0. The highest BCUT2D eigenvalue weighted by Gasteiger charge is 2.21. The predicted octanol–water partition coefficient (Wildman–Crippen LogP) is 2.17. The molecule has 5 nitrogen and oxygen atoms in total. The zero-order valence-corrected chi connectivity index (χ0v) is 10.1. The smallest absolute Gasteiger partial charge is 0.295 e. The fourth-order valence-electron chi connectivity index (χ4n) is 1.53. The van der Waals surface area contributed by atoms with Crippen LogP contribution in [-0.4, -0.2) is 24.6 Å². The minimum atomic E-state index is -0.800. The zero-order valence-electron chi connectivity index (χ0n) is 9.32. The van der Waals surface area contributed by atoms with Crippen LogP contribution in [-0.2, 0) is 0 Å². The van der Waals surface area contributed by atoms with Gasteiger partial charge in [0.05, 0.1) is 16.0 Å². The van der Waals surface area contributed by atoms with Crippen LogP contribution < -0.4 is 10.6 Å². The summed E-state index contributed by atoms with van der Waals surface area (Å²) >= 11 is 5.64. The summed E-state index contributed by atoms with van der Waals surface area (Å²) in [4.78, 5) is 11.9. The molecule has 1 aromatic carbocycles. The Hall–Kier alpha value is -1.40. The lowest BCUT2D eigenvalue weighted by Gasteiger charge is -2.22. The average Bonchev–Trinajstić information content (AvgIpc) is 2.29. The molecule has 0 aliphatic carbocycles. The van der Waals surface area contributed by atoms with Gasteiger partial charge in [0.2, 0.25) is 0 Å². The number of hydrogen-bond acceptors (Lipinski definition) is 4. The quantitative estimate of drug-likeness (QED) is 0.651. The van der Waals surface area contributed by atoms with Crippen LogP contribution in [0, 0.1) is 15.9 Å². The van der Waals surface area contributed by atoms with Crippen molar-refractivity contribution in [3.8, 4) is 0 Å². The molecule has 0 spiro atoms. The molecule has 0 fully saturated rings. The van der Waals surface area contributed by atoms with E-state index in [1.807, 2.05) is 6.92 Å². The normalized spacial score (nSPS) is 10.4. The minimum absolute atomic E-state index is 0.138. The van der Waals surface area contributed by atoms with E-state index < -0.39 is 10.7 Å². The van der Waals surface area contributed by atoms with Crippen LogP contribution in [0.4, 0.5) is 15.8 Å². The Morgan fingerprint density at radius 3 is 2.71 bits per heavy atom. The molecule has 17 heavy (non-hydrogen) atoms. The highest BCUT2D eigenvalue weighted by molar-refractivity contribution is 6.31. The fourth-order valence-corrected chi connectivity index (χ4v) is 1.69. The van der Waals surface area contributed by atoms with E-state index >= 15 is 0 Å².